The number of ether oxygens (including phenoxy) is 1. The van der Waals surface area contributed by atoms with Crippen LogP contribution in [0.3, 0.4) is 0 Å². The molecule has 2 aromatic carbocycles. The zero-order chi connectivity index (χ0) is 18.5. The van der Waals surface area contributed by atoms with Crippen molar-refractivity contribution in [1.29, 1.82) is 0 Å². The maximum Gasteiger partial charge on any atom is 0.316 e. The Kier molecular flexibility index (Phi) is 6.46. The monoisotopic (exact) mass is 409 g/mol. The number of benzene rings is 2. The SMILES string of the molecule is O=C(CSc1cc(Cl)ccc1Cl)OCC(=O)N1CCc2ccccc2C1. The Morgan fingerprint density at radius 3 is 2.69 bits per heavy atom. The normalized spacial score (nSPS) is 13.2. The molecule has 0 spiro atoms. The first-order valence-electron chi connectivity index (χ1n) is 8.11. The van der Waals surface area contributed by atoms with Gasteiger partial charge in [0, 0.05) is 23.0 Å². The Labute approximate surface area is 166 Å². The first-order valence-corrected chi connectivity index (χ1v) is 9.85. The first-order chi connectivity index (χ1) is 12.5. The highest BCUT2D eigenvalue weighted by Crippen LogP contribution is 2.29. The number of nitrogens with zero attached hydrogens (tertiary/aromatic N) is 1. The number of esters is 1. The summed E-state index contributed by atoms with van der Waals surface area (Å²) in [6.07, 6.45) is 0.818. The molecule has 0 aliphatic carbocycles. The average Bonchev–Trinajstić information content (AvgIpc) is 2.66. The van der Waals surface area contributed by atoms with Gasteiger partial charge in [-0.3, -0.25) is 9.59 Å². The highest BCUT2D eigenvalue weighted by molar-refractivity contribution is 8.00. The molecule has 0 radical (unpaired) electrons. The number of hydrogen-bond donors (Lipinski definition) is 0. The predicted molar refractivity (Wildman–Crippen MR) is 104 cm³/mol. The molecule has 0 saturated heterocycles. The van der Waals surface area contributed by atoms with Crippen LogP contribution in [-0.2, 0) is 27.3 Å². The molecule has 0 unspecified atom stereocenters. The van der Waals surface area contributed by atoms with Gasteiger partial charge in [0.2, 0.25) is 0 Å². The molecular formula is C19H17Cl2NO3S. The van der Waals surface area contributed by atoms with Crippen molar-refractivity contribution >= 4 is 46.8 Å². The summed E-state index contributed by atoms with van der Waals surface area (Å²) in [7, 11) is 0. The van der Waals surface area contributed by atoms with E-state index in [1.807, 2.05) is 18.2 Å². The van der Waals surface area contributed by atoms with E-state index in [2.05, 4.69) is 6.07 Å². The van der Waals surface area contributed by atoms with Gasteiger partial charge in [-0.2, -0.15) is 0 Å². The summed E-state index contributed by atoms with van der Waals surface area (Å²) in [6.45, 7) is 0.949. The van der Waals surface area contributed by atoms with Crippen molar-refractivity contribution in [3.63, 3.8) is 0 Å². The van der Waals surface area contributed by atoms with Gasteiger partial charge < -0.3 is 9.64 Å². The second-order valence-electron chi connectivity index (χ2n) is 5.86. The van der Waals surface area contributed by atoms with Crippen molar-refractivity contribution in [2.24, 2.45) is 0 Å². The molecule has 26 heavy (non-hydrogen) atoms. The van der Waals surface area contributed by atoms with Crippen LogP contribution in [0.4, 0.5) is 0 Å². The topological polar surface area (TPSA) is 46.6 Å². The molecule has 0 fully saturated rings. The Hall–Kier alpha value is -1.69. The number of carbonyl (C=O) groups excluding carboxylic acids is 2. The van der Waals surface area contributed by atoms with E-state index in [0.29, 0.717) is 28.0 Å². The molecule has 0 atom stereocenters. The summed E-state index contributed by atoms with van der Waals surface area (Å²) >= 11 is 13.2. The number of rotatable bonds is 5. The molecule has 1 aliphatic rings. The van der Waals surface area contributed by atoms with Gasteiger partial charge in [-0.05, 0) is 35.7 Å². The molecule has 4 nitrogen and oxygen atoms in total. The lowest BCUT2D eigenvalue weighted by molar-refractivity contribution is -0.150. The van der Waals surface area contributed by atoms with Crippen LogP contribution in [0, 0.1) is 0 Å². The summed E-state index contributed by atoms with van der Waals surface area (Å²) < 4.78 is 5.11. The summed E-state index contributed by atoms with van der Waals surface area (Å²) in [5, 5.41) is 1.07. The number of halogens is 2. The number of hydrogen-bond acceptors (Lipinski definition) is 4. The highest BCUT2D eigenvalue weighted by atomic mass is 35.5. The van der Waals surface area contributed by atoms with Gasteiger partial charge in [-0.25, -0.2) is 0 Å². The number of fused-ring (bicyclic) bond motifs is 1. The third-order valence-corrected chi connectivity index (χ3v) is 5.78. The fourth-order valence-electron chi connectivity index (χ4n) is 2.71. The second kappa shape index (κ2) is 8.80. The first kappa shape index (κ1) is 19.1. The fraction of sp³-hybridized carbons (Fsp3) is 0.263. The molecule has 2 aromatic rings. The van der Waals surface area contributed by atoms with Crippen LogP contribution in [-0.4, -0.2) is 35.7 Å². The summed E-state index contributed by atoms with van der Waals surface area (Å²) in [4.78, 5) is 26.6. The van der Waals surface area contributed by atoms with E-state index in [1.165, 1.54) is 17.3 Å². The minimum atomic E-state index is -0.461. The van der Waals surface area contributed by atoms with Gasteiger partial charge >= 0.3 is 5.97 Å². The summed E-state index contributed by atoms with van der Waals surface area (Å²) in [6, 6.07) is 13.1. The van der Waals surface area contributed by atoms with E-state index < -0.39 is 5.97 Å². The minimum absolute atomic E-state index is 0.0657. The molecule has 0 aromatic heterocycles. The average molecular weight is 410 g/mol. The zero-order valence-electron chi connectivity index (χ0n) is 13.9. The Bertz CT molecular complexity index is 828. The zero-order valence-corrected chi connectivity index (χ0v) is 16.2. The Morgan fingerprint density at radius 2 is 1.88 bits per heavy atom. The maximum absolute atomic E-state index is 12.3. The molecule has 0 saturated carbocycles. The van der Waals surface area contributed by atoms with Gasteiger partial charge in [0.1, 0.15) is 0 Å². The maximum atomic E-state index is 12.3. The summed E-state index contributed by atoms with van der Waals surface area (Å²) in [5.41, 5.74) is 2.41. The standard InChI is InChI=1S/C19H17Cl2NO3S/c20-15-5-6-16(21)17(9-15)26-12-19(24)25-11-18(23)22-8-7-13-3-1-2-4-14(13)10-22/h1-6,9H,7-8,10-12H2. The molecular weight excluding hydrogens is 393 g/mol. The molecule has 1 aliphatic heterocycles. The van der Waals surface area contributed by atoms with E-state index in [1.54, 1.807) is 23.1 Å². The smallest absolute Gasteiger partial charge is 0.316 e. The van der Waals surface area contributed by atoms with Crippen LogP contribution in [0.15, 0.2) is 47.4 Å². The van der Waals surface area contributed by atoms with E-state index in [9.17, 15) is 9.59 Å². The van der Waals surface area contributed by atoms with Crippen LogP contribution in [0.2, 0.25) is 10.0 Å². The quantitative estimate of drug-likeness (QED) is 0.547. The molecule has 0 N–H and O–H groups in total. The van der Waals surface area contributed by atoms with E-state index in [4.69, 9.17) is 27.9 Å². The third kappa shape index (κ3) is 4.93. The van der Waals surface area contributed by atoms with Gasteiger partial charge in [0.05, 0.1) is 10.8 Å². The van der Waals surface area contributed by atoms with E-state index in [0.717, 1.165) is 12.0 Å². The number of carbonyl (C=O) groups is 2. The largest absolute Gasteiger partial charge is 0.455 e. The van der Waals surface area contributed by atoms with Gasteiger partial charge in [0.15, 0.2) is 6.61 Å². The van der Waals surface area contributed by atoms with E-state index in [-0.39, 0.29) is 18.3 Å². The van der Waals surface area contributed by atoms with Crippen molar-refractivity contribution in [3.05, 3.63) is 63.6 Å². The second-order valence-corrected chi connectivity index (χ2v) is 7.72. The van der Waals surface area contributed by atoms with Crippen molar-refractivity contribution in [2.75, 3.05) is 18.9 Å². The van der Waals surface area contributed by atoms with Crippen LogP contribution < -0.4 is 0 Å². The van der Waals surface area contributed by atoms with Crippen molar-refractivity contribution < 1.29 is 14.3 Å². The predicted octanol–water partition coefficient (Wildman–Crippen LogP) is 4.21. The molecule has 136 valence electrons. The van der Waals surface area contributed by atoms with Crippen molar-refractivity contribution in [1.82, 2.24) is 4.90 Å². The lowest BCUT2D eigenvalue weighted by atomic mass is 10.00. The van der Waals surface area contributed by atoms with Crippen LogP contribution in [0.1, 0.15) is 11.1 Å². The number of thioether (sulfide) groups is 1. The Morgan fingerprint density at radius 1 is 1.12 bits per heavy atom. The van der Waals surface area contributed by atoms with Gasteiger partial charge in [-0.15, -0.1) is 11.8 Å². The van der Waals surface area contributed by atoms with Gasteiger partial charge in [0.25, 0.3) is 5.91 Å². The molecule has 7 heteroatoms. The van der Waals surface area contributed by atoms with Crippen molar-refractivity contribution in [2.45, 2.75) is 17.9 Å². The van der Waals surface area contributed by atoms with Crippen LogP contribution in [0.5, 0.6) is 0 Å². The molecule has 1 heterocycles. The van der Waals surface area contributed by atoms with Crippen LogP contribution >= 0.6 is 35.0 Å². The molecule has 0 bridgehead atoms. The lowest BCUT2D eigenvalue weighted by Gasteiger charge is -2.28. The fourth-order valence-corrected chi connectivity index (χ4v) is 4.00. The van der Waals surface area contributed by atoms with Crippen LogP contribution in [0.25, 0.3) is 0 Å². The lowest BCUT2D eigenvalue weighted by Crippen LogP contribution is -2.38. The van der Waals surface area contributed by atoms with Crippen molar-refractivity contribution in [3.8, 4) is 0 Å². The Balaban J connectivity index is 1.46. The highest BCUT2D eigenvalue weighted by Gasteiger charge is 2.21. The van der Waals surface area contributed by atoms with E-state index >= 15 is 0 Å². The van der Waals surface area contributed by atoms with Gasteiger partial charge in [-0.1, -0.05) is 47.5 Å². The number of amides is 1. The molecule has 1 amide bonds. The summed E-state index contributed by atoms with van der Waals surface area (Å²) in [5.74, 6) is -0.577. The third-order valence-electron chi connectivity index (χ3n) is 4.08. The minimum Gasteiger partial charge on any atom is -0.455 e. The molecule has 3 rings (SSSR count).